The van der Waals surface area contributed by atoms with Gasteiger partial charge in [0.15, 0.2) is 5.96 Å². The maximum Gasteiger partial charge on any atom is 0.191 e. The molecule has 2 rings (SSSR count). The molecule has 6 nitrogen and oxygen atoms in total. The Kier molecular flexibility index (Phi) is 7.78. The van der Waals surface area contributed by atoms with Gasteiger partial charge in [0.1, 0.15) is 0 Å². The largest absolute Gasteiger partial charge is 0.385 e. The Morgan fingerprint density at radius 2 is 1.92 bits per heavy atom. The standard InChI is InChI=1S/C18H37N5O/c1-16(23-11-9-22(3)10-12-23)14-20-17(19-2)21-15-18(6-5-7-18)8-13-24-4/h16H,5-15H2,1-4H3,(H2,19,20,21). The number of likely N-dealkylation sites (N-methyl/N-ethyl adjacent to an activating group) is 1. The average Bonchev–Trinajstić information content (AvgIpc) is 2.56. The van der Waals surface area contributed by atoms with Crippen LogP contribution in [0.4, 0.5) is 0 Å². The highest BCUT2D eigenvalue weighted by molar-refractivity contribution is 5.79. The number of hydrogen-bond donors (Lipinski definition) is 2. The first-order valence-electron chi connectivity index (χ1n) is 9.44. The fourth-order valence-electron chi connectivity index (χ4n) is 3.64. The molecule has 24 heavy (non-hydrogen) atoms. The normalized spacial score (nSPS) is 23.6. The summed E-state index contributed by atoms with van der Waals surface area (Å²) in [5, 5.41) is 7.05. The van der Waals surface area contributed by atoms with E-state index >= 15 is 0 Å². The van der Waals surface area contributed by atoms with E-state index in [0.717, 1.165) is 45.2 Å². The Morgan fingerprint density at radius 1 is 1.21 bits per heavy atom. The Hall–Kier alpha value is -0.850. The highest BCUT2D eigenvalue weighted by Gasteiger charge is 2.36. The van der Waals surface area contributed by atoms with Gasteiger partial charge in [0.05, 0.1) is 0 Å². The molecule has 1 unspecified atom stereocenters. The van der Waals surface area contributed by atoms with Crippen LogP contribution in [-0.4, -0.2) is 88.9 Å². The summed E-state index contributed by atoms with van der Waals surface area (Å²) in [6.07, 6.45) is 5.10. The molecule has 0 aromatic carbocycles. The van der Waals surface area contributed by atoms with Gasteiger partial charge in [-0.25, -0.2) is 0 Å². The van der Waals surface area contributed by atoms with Crippen molar-refractivity contribution in [3.8, 4) is 0 Å². The molecule has 1 aliphatic carbocycles. The monoisotopic (exact) mass is 339 g/mol. The number of nitrogens with zero attached hydrogens (tertiary/aromatic N) is 3. The summed E-state index contributed by atoms with van der Waals surface area (Å²) >= 11 is 0. The summed E-state index contributed by atoms with van der Waals surface area (Å²) in [6, 6.07) is 0.531. The molecular formula is C18H37N5O. The second-order valence-corrected chi connectivity index (χ2v) is 7.59. The molecule has 0 aromatic heterocycles. The summed E-state index contributed by atoms with van der Waals surface area (Å²) in [5.41, 5.74) is 0.413. The van der Waals surface area contributed by atoms with Gasteiger partial charge in [-0.3, -0.25) is 9.89 Å². The maximum absolute atomic E-state index is 5.28. The number of rotatable bonds is 8. The molecule has 2 fully saturated rings. The fraction of sp³-hybridized carbons (Fsp3) is 0.944. The van der Waals surface area contributed by atoms with E-state index in [2.05, 4.69) is 39.4 Å². The summed E-state index contributed by atoms with van der Waals surface area (Å²) in [5.74, 6) is 0.930. The number of piperazine rings is 1. The molecular weight excluding hydrogens is 302 g/mol. The van der Waals surface area contributed by atoms with Crippen LogP contribution >= 0.6 is 0 Å². The quantitative estimate of drug-likeness (QED) is 0.510. The Morgan fingerprint density at radius 3 is 2.46 bits per heavy atom. The van der Waals surface area contributed by atoms with E-state index < -0.39 is 0 Å². The van der Waals surface area contributed by atoms with Crippen molar-refractivity contribution >= 4 is 5.96 Å². The zero-order chi connectivity index (χ0) is 17.4. The summed E-state index contributed by atoms with van der Waals surface area (Å²) in [4.78, 5) is 9.36. The van der Waals surface area contributed by atoms with E-state index in [9.17, 15) is 0 Å². The summed E-state index contributed by atoms with van der Waals surface area (Å²) in [7, 11) is 5.85. The van der Waals surface area contributed by atoms with Crippen molar-refractivity contribution in [2.24, 2.45) is 10.4 Å². The van der Waals surface area contributed by atoms with Crippen LogP contribution < -0.4 is 10.6 Å². The van der Waals surface area contributed by atoms with Crippen LogP contribution in [0.3, 0.4) is 0 Å². The van der Waals surface area contributed by atoms with Gasteiger partial charge < -0.3 is 20.3 Å². The van der Waals surface area contributed by atoms with Crippen LogP contribution in [0.2, 0.25) is 0 Å². The molecule has 1 saturated heterocycles. The van der Waals surface area contributed by atoms with Crippen LogP contribution in [0.5, 0.6) is 0 Å². The molecule has 0 radical (unpaired) electrons. The van der Waals surface area contributed by atoms with Crippen LogP contribution in [0, 0.1) is 5.41 Å². The van der Waals surface area contributed by atoms with Crippen molar-refractivity contribution in [2.45, 2.75) is 38.6 Å². The lowest BCUT2D eigenvalue weighted by Gasteiger charge is -2.42. The second kappa shape index (κ2) is 9.59. The van der Waals surface area contributed by atoms with Gasteiger partial charge in [0, 0.05) is 66.1 Å². The topological polar surface area (TPSA) is 52.1 Å². The van der Waals surface area contributed by atoms with E-state index in [1.165, 1.54) is 32.4 Å². The van der Waals surface area contributed by atoms with Crippen molar-refractivity contribution in [2.75, 3.05) is 67.1 Å². The SMILES string of the molecule is CN=C(NCC(C)N1CCN(C)CC1)NCC1(CCOC)CCC1. The third kappa shape index (κ3) is 5.60. The van der Waals surface area contributed by atoms with E-state index in [1.54, 1.807) is 7.11 Å². The van der Waals surface area contributed by atoms with E-state index in [-0.39, 0.29) is 0 Å². The molecule has 0 amide bonds. The number of aliphatic imine (C=N–C) groups is 1. The molecule has 1 atom stereocenters. The van der Waals surface area contributed by atoms with Crippen LogP contribution in [0.15, 0.2) is 4.99 Å². The molecule has 1 saturated carbocycles. The van der Waals surface area contributed by atoms with E-state index in [1.807, 2.05) is 7.05 Å². The first-order chi connectivity index (χ1) is 11.6. The predicted molar refractivity (Wildman–Crippen MR) is 101 cm³/mol. The molecule has 0 aromatic rings. The summed E-state index contributed by atoms with van der Waals surface area (Å²) < 4.78 is 5.28. The van der Waals surface area contributed by atoms with E-state index in [4.69, 9.17) is 4.74 Å². The number of nitrogens with one attached hydrogen (secondary N) is 2. The van der Waals surface area contributed by atoms with Crippen molar-refractivity contribution in [3.05, 3.63) is 0 Å². The zero-order valence-corrected chi connectivity index (χ0v) is 16.1. The Labute approximate surface area is 148 Å². The smallest absolute Gasteiger partial charge is 0.191 e. The van der Waals surface area contributed by atoms with Gasteiger partial charge in [-0.1, -0.05) is 6.42 Å². The van der Waals surface area contributed by atoms with Gasteiger partial charge in [0.25, 0.3) is 0 Å². The number of hydrogen-bond acceptors (Lipinski definition) is 4. The lowest BCUT2D eigenvalue weighted by atomic mass is 9.67. The third-order valence-corrected chi connectivity index (χ3v) is 5.83. The minimum Gasteiger partial charge on any atom is -0.385 e. The van der Waals surface area contributed by atoms with Gasteiger partial charge >= 0.3 is 0 Å². The van der Waals surface area contributed by atoms with Gasteiger partial charge in [-0.15, -0.1) is 0 Å². The minimum absolute atomic E-state index is 0.413. The molecule has 0 spiro atoms. The Bertz CT molecular complexity index is 389. The summed E-state index contributed by atoms with van der Waals surface area (Å²) in [6.45, 7) is 9.74. The minimum atomic E-state index is 0.413. The Balaban J connectivity index is 1.70. The number of ether oxygens (including phenoxy) is 1. The van der Waals surface area contributed by atoms with Crippen molar-refractivity contribution in [1.29, 1.82) is 0 Å². The fourth-order valence-corrected chi connectivity index (χ4v) is 3.64. The molecule has 6 heteroatoms. The number of methoxy groups -OCH3 is 1. The zero-order valence-electron chi connectivity index (χ0n) is 16.1. The molecule has 1 aliphatic heterocycles. The van der Waals surface area contributed by atoms with Crippen LogP contribution in [0.25, 0.3) is 0 Å². The first-order valence-corrected chi connectivity index (χ1v) is 9.44. The van der Waals surface area contributed by atoms with Crippen molar-refractivity contribution < 1.29 is 4.74 Å². The third-order valence-electron chi connectivity index (χ3n) is 5.83. The van der Waals surface area contributed by atoms with Gasteiger partial charge in [-0.05, 0) is 38.6 Å². The van der Waals surface area contributed by atoms with Gasteiger partial charge in [0.2, 0.25) is 0 Å². The van der Waals surface area contributed by atoms with Crippen LogP contribution in [0.1, 0.15) is 32.6 Å². The van der Waals surface area contributed by atoms with E-state index in [0.29, 0.717) is 11.5 Å². The molecule has 0 bridgehead atoms. The lowest BCUT2D eigenvalue weighted by Crippen LogP contribution is -2.53. The predicted octanol–water partition coefficient (Wildman–Crippen LogP) is 0.994. The molecule has 140 valence electrons. The first kappa shape index (κ1) is 19.5. The highest BCUT2D eigenvalue weighted by Crippen LogP contribution is 2.43. The second-order valence-electron chi connectivity index (χ2n) is 7.59. The maximum atomic E-state index is 5.28. The number of guanidine groups is 1. The van der Waals surface area contributed by atoms with Crippen molar-refractivity contribution in [3.63, 3.8) is 0 Å². The highest BCUT2D eigenvalue weighted by atomic mass is 16.5. The molecule has 1 heterocycles. The van der Waals surface area contributed by atoms with Gasteiger partial charge in [-0.2, -0.15) is 0 Å². The van der Waals surface area contributed by atoms with Crippen LogP contribution in [-0.2, 0) is 4.74 Å². The lowest BCUT2D eigenvalue weighted by molar-refractivity contribution is 0.0732. The van der Waals surface area contributed by atoms with Crippen molar-refractivity contribution in [1.82, 2.24) is 20.4 Å². The molecule has 2 aliphatic rings. The average molecular weight is 340 g/mol. The molecule has 2 N–H and O–H groups in total.